The zero-order valence-corrected chi connectivity index (χ0v) is 15.4. The molecule has 26 heavy (non-hydrogen) atoms. The Bertz CT molecular complexity index is 1080. The smallest absolute Gasteiger partial charge is 0.218 e. The fraction of sp³-hybridized carbons (Fsp3) is 0.217. The maximum atomic E-state index is 7.17. The molecule has 3 heteroatoms. The van der Waals surface area contributed by atoms with Gasteiger partial charge in [-0.25, -0.2) is 4.85 Å². The van der Waals surface area contributed by atoms with Gasteiger partial charge in [0.15, 0.2) is 0 Å². The van der Waals surface area contributed by atoms with Gasteiger partial charge in [-0.3, -0.25) is 4.98 Å². The van der Waals surface area contributed by atoms with Crippen molar-refractivity contribution in [2.45, 2.75) is 30.2 Å². The quantitative estimate of drug-likeness (QED) is 0.327. The number of benzene rings is 2. The number of nitrogens with zero attached hydrogens (tertiary/aromatic N) is 2. The van der Waals surface area contributed by atoms with Crippen molar-refractivity contribution >= 4 is 28.2 Å². The number of hydrogen-bond acceptors (Lipinski definition) is 2. The summed E-state index contributed by atoms with van der Waals surface area (Å²) in [5.41, 5.74) is 3.46. The lowest BCUT2D eigenvalue weighted by atomic mass is 9.95. The Balaban J connectivity index is 1.48. The third-order valence-electron chi connectivity index (χ3n) is 4.92. The zero-order valence-electron chi connectivity index (χ0n) is 14.6. The fourth-order valence-electron chi connectivity index (χ4n) is 3.00. The SMILES string of the molecule is [C-]#[N+]c1cccnc1SCC#Cc1ccc2cc(C3(C)CC3)ccc2c1. The molecule has 1 fully saturated rings. The van der Waals surface area contributed by atoms with Crippen molar-refractivity contribution < 1.29 is 0 Å². The number of thioether (sulfide) groups is 1. The fourth-order valence-corrected chi connectivity index (χ4v) is 3.67. The maximum Gasteiger partial charge on any atom is 0.218 e. The van der Waals surface area contributed by atoms with Crippen LogP contribution < -0.4 is 0 Å². The number of hydrogen-bond donors (Lipinski definition) is 0. The van der Waals surface area contributed by atoms with E-state index in [0.29, 0.717) is 16.9 Å². The summed E-state index contributed by atoms with van der Waals surface area (Å²) in [6, 6.07) is 16.8. The summed E-state index contributed by atoms with van der Waals surface area (Å²) in [6.45, 7) is 9.51. The van der Waals surface area contributed by atoms with Crippen molar-refractivity contribution in [3.8, 4) is 11.8 Å². The molecule has 126 valence electrons. The topological polar surface area (TPSA) is 17.2 Å². The first kappa shape index (κ1) is 16.7. The number of aromatic nitrogens is 1. The Morgan fingerprint density at radius 1 is 1.15 bits per heavy atom. The van der Waals surface area contributed by atoms with Gasteiger partial charge < -0.3 is 0 Å². The third-order valence-corrected chi connectivity index (χ3v) is 5.80. The van der Waals surface area contributed by atoms with Crippen molar-refractivity contribution in [2.75, 3.05) is 5.75 Å². The van der Waals surface area contributed by atoms with Crippen molar-refractivity contribution in [1.82, 2.24) is 4.98 Å². The average molecular weight is 354 g/mol. The van der Waals surface area contributed by atoms with E-state index in [0.717, 1.165) is 10.6 Å². The largest absolute Gasteiger partial charge is 0.262 e. The van der Waals surface area contributed by atoms with E-state index in [4.69, 9.17) is 6.57 Å². The number of fused-ring (bicyclic) bond motifs is 1. The highest BCUT2D eigenvalue weighted by Crippen LogP contribution is 2.48. The minimum absolute atomic E-state index is 0.402. The molecule has 1 aliphatic carbocycles. The normalized spacial score (nSPS) is 14.3. The first-order valence-electron chi connectivity index (χ1n) is 8.66. The van der Waals surface area contributed by atoms with Gasteiger partial charge in [0.25, 0.3) is 0 Å². The average Bonchev–Trinajstić information content (AvgIpc) is 3.43. The predicted octanol–water partition coefficient (Wildman–Crippen LogP) is 5.98. The molecule has 0 atom stereocenters. The van der Waals surface area contributed by atoms with Crippen molar-refractivity contribution in [3.05, 3.63) is 77.3 Å². The van der Waals surface area contributed by atoms with Crippen molar-refractivity contribution in [1.29, 1.82) is 0 Å². The Labute approximate surface area is 158 Å². The van der Waals surface area contributed by atoms with Crippen LogP contribution in [0.15, 0.2) is 59.8 Å². The molecule has 0 aliphatic heterocycles. The molecule has 1 aromatic heterocycles. The predicted molar refractivity (Wildman–Crippen MR) is 109 cm³/mol. The lowest BCUT2D eigenvalue weighted by Gasteiger charge is -2.10. The van der Waals surface area contributed by atoms with Crippen LogP contribution >= 0.6 is 11.8 Å². The van der Waals surface area contributed by atoms with Crippen LogP contribution in [0.2, 0.25) is 0 Å². The molecule has 2 nitrogen and oxygen atoms in total. The van der Waals surface area contributed by atoms with Gasteiger partial charge >= 0.3 is 0 Å². The molecule has 0 amide bonds. The summed E-state index contributed by atoms with van der Waals surface area (Å²) < 4.78 is 0. The van der Waals surface area contributed by atoms with E-state index < -0.39 is 0 Å². The standard InChI is InChI=1S/C23H18N2S/c1-23(11-12-23)20-10-9-18-15-17(7-8-19(18)16-20)5-4-14-26-22-21(24-2)6-3-13-25-22/h3,6-10,13,15-16H,11-12,14H2,1H3. The molecule has 0 radical (unpaired) electrons. The second kappa shape index (κ2) is 6.87. The molecule has 1 heterocycles. The summed E-state index contributed by atoms with van der Waals surface area (Å²) in [5, 5.41) is 3.26. The van der Waals surface area contributed by atoms with Gasteiger partial charge in [0.05, 0.1) is 12.3 Å². The summed E-state index contributed by atoms with van der Waals surface area (Å²) in [5.74, 6) is 7.03. The Morgan fingerprint density at radius 3 is 2.77 bits per heavy atom. The molecular formula is C23H18N2S. The van der Waals surface area contributed by atoms with Crippen LogP contribution in [0, 0.1) is 18.4 Å². The van der Waals surface area contributed by atoms with Crippen LogP contribution in [-0.4, -0.2) is 10.7 Å². The molecule has 2 aromatic carbocycles. The van der Waals surface area contributed by atoms with E-state index in [1.54, 1.807) is 18.3 Å². The third kappa shape index (κ3) is 3.45. The molecule has 0 spiro atoms. The summed E-state index contributed by atoms with van der Waals surface area (Å²) in [7, 11) is 0. The maximum absolute atomic E-state index is 7.17. The van der Waals surface area contributed by atoms with Gasteiger partial charge in [-0.1, -0.05) is 55.2 Å². The molecule has 0 unspecified atom stereocenters. The highest BCUT2D eigenvalue weighted by atomic mass is 32.2. The first-order chi connectivity index (χ1) is 12.7. The molecule has 1 saturated carbocycles. The van der Waals surface area contributed by atoms with E-state index in [-0.39, 0.29) is 0 Å². The van der Waals surface area contributed by atoms with Crippen LogP contribution in [0.1, 0.15) is 30.9 Å². The number of pyridine rings is 1. The summed E-state index contributed by atoms with van der Waals surface area (Å²) >= 11 is 1.51. The molecule has 0 bridgehead atoms. The van der Waals surface area contributed by atoms with Gasteiger partial charge in [-0.2, -0.15) is 0 Å². The van der Waals surface area contributed by atoms with Crippen molar-refractivity contribution in [3.63, 3.8) is 0 Å². The van der Waals surface area contributed by atoms with Gasteiger partial charge in [0.2, 0.25) is 5.69 Å². The lowest BCUT2D eigenvalue weighted by molar-refractivity contribution is 0.789. The second-order valence-electron chi connectivity index (χ2n) is 6.87. The Hall–Kier alpha value is -2.75. The molecule has 0 N–H and O–H groups in total. The zero-order chi connectivity index (χ0) is 18.0. The van der Waals surface area contributed by atoms with Gasteiger partial charge in [-0.15, -0.1) is 11.8 Å². The van der Waals surface area contributed by atoms with E-state index >= 15 is 0 Å². The van der Waals surface area contributed by atoms with E-state index in [1.807, 2.05) is 0 Å². The molecular weight excluding hydrogens is 336 g/mol. The van der Waals surface area contributed by atoms with Crippen LogP contribution in [0.25, 0.3) is 15.6 Å². The molecule has 4 rings (SSSR count). The Morgan fingerprint density at radius 2 is 1.96 bits per heavy atom. The minimum Gasteiger partial charge on any atom is -0.262 e. The molecule has 3 aromatic rings. The van der Waals surface area contributed by atoms with Crippen LogP contribution in [-0.2, 0) is 5.41 Å². The second-order valence-corrected chi connectivity index (χ2v) is 7.83. The summed E-state index contributed by atoms with van der Waals surface area (Å²) in [4.78, 5) is 7.74. The van der Waals surface area contributed by atoms with Crippen LogP contribution in [0.4, 0.5) is 5.69 Å². The van der Waals surface area contributed by atoms with E-state index in [9.17, 15) is 0 Å². The van der Waals surface area contributed by atoms with Crippen LogP contribution in [0.5, 0.6) is 0 Å². The van der Waals surface area contributed by atoms with Gasteiger partial charge in [0.1, 0.15) is 5.03 Å². The number of rotatable bonds is 3. The summed E-state index contributed by atoms with van der Waals surface area (Å²) in [6.07, 6.45) is 4.31. The van der Waals surface area contributed by atoms with Crippen molar-refractivity contribution in [2.24, 2.45) is 0 Å². The van der Waals surface area contributed by atoms with E-state index in [2.05, 4.69) is 65.0 Å². The van der Waals surface area contributed by atoms with Gasteiger partial charge in [-0.05, 0) is 46.7 Å². The first-order valence-corrected chi connectivity index (χ1v) is 9.65. The monoisotopic (exact) mass is 354 g/mol. The highest BCUT2D eigenvalue weighted by molar-refractivity contribution is 7.99. The van der Waals surface area contributed by atoms with Crippen LogP contribution in [0.3, 0.4) is 0 Å². The highest BCUT2D eigenvalue weighted by Gasteiger charge is 2.38. The molecule has 0 saturated heterocycles. The molecule has 1 aliphatic rings. The minimum atomic E-state index is 0.402. The van der Waals surface area contributed by atoms with E-state index in [1.165, 1.54) is 40.9 Å². The Kier molecular flexibility index (Phi) is 4.41. The van der Waals surface area contributed by atoms with Gasteiger partial charge in [0, 0.05) is 11.8 Å². The lowest BCUT2D eigenvalue weighted by Crippen LogP contribution is -1.98.